The topological polar surface area (TPSA) is 92.4 Å². The number of likely N-dealkylation sites (tertiary alicyclic amines) is 1. The fourth-order valence-corrected chi connectivity index (χ4v) is 3.41. The molecular weight excluding hydrogens is 346 g/mol. The zero-order valence-electron chi connectivity index (χ0n) is 16.2. The standard InChI is InChI=1S/C19H25N5O3/c1-12-8-17(22-27-12)19(26)24-7-5-6-14(11-24)9-15-10-16(18(25)23(3)4)21-13(2)20-15/h8,10,14H,5-7,9,11H2,1-4H3/t14-/m1/s1. The lowest BCUT2D eigenvalue weighted by molar-refractivity contribution is 0.0662. The van der Waals surface area contributed by atoms with Crippen molar-refractivity contribution in [1.29, 1.82) is 0 Å². The Labute approximate surface area is 158 Å². The maximum atomic E-state index is 12.6. The monoisotopic (exact) mass is 371 g/mol. The van der Waals surface area contributed by atoms with Gasteiger partial charge in [0.05, 0.1) is 0 Å². The maximum absolute atomic E-state index is 12.6. The molecular formula is C19H25N5O3. The van der Waals surface area contributed by atoms with E-state index < -0.39 is 0 Å². The van der Waals surface area contributed by atoms with Gasteiger partial charge in [-0.25, -0.2) is 9.97 Å². The van der Waals surface area contributed by atoms with Crippen LogP contribution in [0.15, 0.2) is 16.7 Å². The van der Waals surface area contributed by atoms with E-state index in [1.807, 2.05) is 4.90 Å². The van der Waals surface area contributed by atoms with Gasteiger partial charge in [0.15, 0.2) is 5.69 Å². The molecule has 1 fully saturated rings. The van der Waals surface area contributed by atoms with Gasteiger partial charge in [0.1, 0.15) is 17.3 Å². The average Bonchev–Trinajstić information content (AvgIpc) is 3.06. The number of hydrogen-bond acceptors (Lipinski definition) is 6. The number of carbonyl (C=O) groups is 2. The molecule has 1 aliphatic heterocycles. The minimum atomic E-state index is -0.136. The van der Waals surface area contributed by atoms with Crippen LogP contribution in [0.1, 0.15) is 51.1 Å². The molecule has 1 saturated heterocycles. The Kier molecular flexibility index (Phi) is 5.53. The second kappa shape index (κ2) is 7.85. The van der Waals surface area contributed by atoms with Gasteiger partial charge in [0, 0.05) is 38.9 Å². The Bertz CT molecular complexity index is 846. The number of carbonyl (C=O) groups excluding carboxylic acids is 2. The number of hydrogen-bond donors (Lipinski definition) is 0. The summed E-state index contributed by atoms with van der Waals surface area (Å²) in [5, 5.41) is 3.83. The fraction of sp³-hybridized carbons (Fsp3) is 0.526. The van der Waals surface area contributed by atoms with Crippen molar-refractivity contribution in [3.8, 4) is 0 Å². The lowest BCUT2D eigenvalue weighted by Crippen LogP contribution is -2.40. The third-order valence-electron chi connectivity index (χ3n) is 4.67. The van der Waals surface area contributed by atoms with Gasteiger partial charge in [-0.1, -0.05) is 5.16 Å². The zero-order valence-corrected chi connectivity index (χ0v) is 16.2. The highest BCUT2D eigenvalue weighted by Crippen LogP contribution is 2.22. The highest BCUT2D eigenvalue weighted by molar-refractivity contribution is 5.92. The van der Waals surface area contributed by atoms with Crippen molar-refractivity contribution in [2.75, 3.05) is 27.2 Å². The molecule has 0 unspecified atom stereocenters. The molecule has 0 radical (unpaired) electrons. The first kappa shape index (κ1) is 19.0. The second-order valence-corrected chi connectivity index (χ2v) is 7.28. The van der Waals surface area contributed by atoms with Crippen LogP contribution in [-0.2, 0) is 6.42 Å². The van der Waals surface area contributed by atoms with Crippen molar-refractivity contribution in [1.82, 2.24) is 24.9 Å². The molecule has 3 rings (SSSR count). The number of aryl methyl sites for hydroxylation is 2. The van der Waals surface area contributed by atoms with E-state index in [-0.39, 0.29) is 17.7 Å². The van der Waals surface area contributed by atoms with E-state index in [9.17, 15) is 9.59 Å². The molecule has 0 aromatic carbocycles. The number of aromatic nitrogens is 3. The molecule has 0 saturated carbocycles. The molecule has 1 atom stereocenters. The van der Waals surface area contributed by atoms with Gasteiger partial charge in [-0.2, -0.15) is 0 Å². The minimum absolute atomic E-state index is 0.0982. The van der Waals surface area contributed by atoms with Crippen LogP contribution in [-0.4, -0.2) is 63.9 Å². The van der Waals surface area contributed by atoms with Crippen molar-refractivity contribution >= 4 is 11.8 Å². The van der Waals surface area contributed by atoms with Crippen molar-refractivity contribution in [3.63, 3.8) is 0 Å². The third-order valence-corrected chi connectivity index (χ3v) is 4.67. The van der Waals surface area contributed by atoms with Gasteiger partial charge in [0.2, 0.25) is 0 Å². The second-order valence-electron chi connectivity index (χ2n) is 7.28. The summed E-state index contributed by atoms with van der Waals surface area (Å²) in [5.74, 6) is 1.26. The lowest BCUT2D eigenvalue weighted by atomic mass is 9.93. The fourth-order valence-electron chi connectivity index (χ4n) is 3.41. The number of rotatable bonds is 4. The van der Waals surface area contributed by atoms with Crippen molar-refractivity contribution in [2.24, 2.45) is 5.92 Å². The molecule has 144 valence electrons. The first-order chi connectivity index (χ1) is 12.8. The van der Waals surface area contributed by atoms with E-state index in [1.165, 1.54) is 4.90 Å². The summed E-state index contributed by atoms with van der Waals surface area (Å²) in [4.78, 5) is 36.9. The molecule has 2 aromatic rings. The summed E-state index contributed by atoms with van der Waals surface area (Å²) in [6.45, 7) is 4.92. The van der Waals surface area contributed by atoms with E-state index in [4.69, 9.17) is 4.52 Å². The summed E-state index contributed by atoms with van der Waals surface area (Å²) >= 11 is 0. The molecule has 0 bridgehead atoms. The van der Waals surface area contributed by atoms with Crippen molar-refractivity contribution < 1.29 is 14.1 Å². The van der Waals surface area contributed by atoms with Crippen LogP contribution in [0.2, 0.25) is 0 Å². The largest absolute Gasteiger partial charge is 0.361 e. The first-order valence-electron chi connectivity index (χ1n) is 9.12. The molecule has 0 spiro atoms. The van der Waals surface area contributed by atoms with Crippen LogP contribution in [0.5, 0.6) is 0 Å². The van der Waals surface area contributed by atoms with Crippen LogP contribution < -0.4 is 0 Å². The van der Waals surface area contributed by atoms with Gasteiger partial charge in [0.25, 0.3) is 11.8 Å². The molecule has 1 aliphatic rings. The van der Waals surface area contributed by atoms with E-state index >= 15 is 0 Å². The Morgan fingerprint density at radius 2 is 2.00 bits per heavy atom. The molecule has 8 nitrogen and oxygen atoms in total. The number of piperidine rings is 1. The summed E-state index contributed by atoms with van der Waals surface area (Å²) in [7, 11) is 3.41. The molecule has 2 amide bonds. The Balaban J connectivity index is 1.70. The molecule has 0 aliphatic carbocycles. The minimum Gasteiger partial charge on any atom is -0.361 e. The predicted octanol–water partition coefficient (Wildman–Crippen LogP) is 1.88. The smallest absolute Gasteiger partial charge is 0.276 e. The van der Waals surface area contributed by atoms with Crippen LogP contribution in [0.4, 0.5) is 0 Å². The Hall–Kier alpha value is -2.77. The molecule has 8 heteroatoms. The van der Waals surface area contributed by atoms with E-state index in [1.54, 1.807) is 40.1 Å². The van der Waals surface area contributed by atoms with Gasteiger partial charge < -0.3 is 14.3 Å². The van der Waals surface area contributed by atoms with E-state index in [0.29, 0.717) is 42.5 Å². The summed E-state index contributed by atoms with van der Waals surface area (Å²) < 4.78 is 5.02. The Morgan fingerprint density at radius 3 is 2.67 bits per heavy atom. The maximum Gasteiger partial charge on any atom is 0.276 e. The lowest BCUT2D eigenvalue weighted by Gasteiger charge is -2.32. The molecule has 0 N–H and O–H groups in total. The highest BCUT2D eigenvalue weighted by atomic mass is 16.5. The van der Waals surface area contributed by atoms with Crippen LogP contribution in [0.25, 0.3) is 0 Å². The number of amides is 2. The van der Waals surface area contributed by atoms with Gasteiger partial charge in [-0.3, -0.25) is 9.59 Å². The zero-order chi connectivity index (χ0) is 19.6. The van der Waals surface area contributed by atoms with Crippen LogP contribution in [0.3, 0.4) is 0 Å². The summed E-state index contributed by atoms with van der Waals surface area (Å²) in [6.07, 6.45) is 2.65. The normalized spacial score (nSPS) is 17.0. The average molecular weight is 371 g/mol. The SMILES string of the molecule is Cc1nc(C[C@H]2CCCN(C(=O)c3cc(C)on3)C2)cc(C(=O)N(C)C)n1. The van der Waals surface area contributed by atoms with Crippen LogP contribution >= 0.6 is 0 Å². The van der Waals surface area contributed by atoms with Gasteiger partial charge >= 0.3 is 0 Å². The van der Waals surface area contributed by atoms with Crippen molar-refractivity contribution in [2.45, 2.75) is 33.1 Å². The highest BCUT2D eigenvalue weighted by Gasteiger charge is 2.27. The Morgan fingerprint density at radius 1 is 1.22 bits per heavy atom. The number of nitrogens with zero attached hydrogens (tertiary/aromatic N) is 5. The summed E-state index contributed by atoms with van der Waals surface area (Å²) in [6, 6.07) is 3.43. The van der Waals surface area contributed by atoms with E-state index in [0.717, 1.165) is 18.5 Å². The molecule has 2 aromatic heterocycles. The van der Waals surface area contributed by atoms with Crippen molar-refractivity contribution in [3.05, 3.63) is 40.8 Å². The quantitative estimate of drug-likeness (QED) is 0.815. The van der Waals surface area contributed by atoms with Gasteiger partial charge in [-0.15, -0.1) is 0 Å². The molecule has 27 heavy (non-hydrogen) atoms. The molecule has 3 heterocycles. The van der Waals surface area contributed by atoms with Gasteiger partial charge in [-0.05, 0) is 45.1 Å². The summed E-state index contributed by atoms with van der Waals surface area (Å²) in [5.41, 5.74) is 1.60. The predicted molar refractivity (Wildman–Crippen MR) is 98.4 cm³/mol. The van der Waals surface area contributed by atoms with E-state index in [2.05, 4.69) is 15.1 Å². The van der Waals surface area contributed by atoms with Crippen LogP contribution in [0, 0.1) is 19.8 Å². The first-order valence-corrected chi connectivity index (χ1v) is 9.12. The third kappa shape index (κ3) is 4.50.